The first-order valence-corrected chi connectivity index (χ1v) is 12.7. The van der Waals surface area contributed by atoms with Crippen LogP contribution < -0.4 is 15.4 Å². The molecule has 1 aliphatic heterocycles. The number of aliphatic imine (C=N–C) groups is 1. The number of rotatable bonds is 9. The van der Waals surface area contributed by atoms with Crippen molar-refractivity contribution >= 4 is 40.0 Å². The molecule has 1 saturated heterocycles. The molecule has 0 spiro atoms. The number of hydrogen-bond acceptors (Lipinski definition) is 4. The lowest BCUT2D eigenvalue weighted by Crippen LogP contribution is -2.44. The fourth-order valence-electron chi connectivity index (χ4n) is 3.94. The van der Waals surface area contributed by atoms with E-state index >= 15 is 0 Å². The van der Waals surface area contributed by atoms with E-state index in [1.54, 1.807) is 7.05 Å². The molecule has 2 aliphatic rings. The van der Waals surface area contributed by atoms with E-state index in [-0.39, 0.29) is 35.8 Å². The molecule has 176 valence electrons. The lowest BCUT2D eigenvalue weighted by atomic mass is 9.86. The molecule has 0 aromatic heterocycles. The number of halogens is 1. The Hall–Kier alpha value is -0.910. The van der Waals surface area contributed by atoms with Crippen LogP contribution in [0.25, 0.3) is 0 Å². The standard InChI is InChI=1S/C22H36N4O3S.HI/c1-17-8-10-19(11-9-17)21-20(7-4-13-29-21)16-25-22(23-2)24-12-14-30(27,28)26-15-18-5-3-6-18;/h8-11,18,20-21,26H,3-7,12-16H2,1-2H3,(H2,23,24,25);1H. The molecule has 7 nitrogen and oxygen atoms in total. The SMILES string of the molecule is CN=C(NCCS(=O)(=O)NCC1CCC1)NCC1CCCOC1c1ccc(C)cc1.I. The van der Waals surface area contributed by atoms with E-state index in [1.165, 1.54) is 17.5 Å². The third-order valence-electron chi connectivity index (χ3n) is 6.09. The summed E-state index contributed by atoms with van der Waals surface area (Å²) in [4.78, 5) is 4.24. The summed E-state index contributed by atoms with van der Waals surface area (Å²) >= 11 is 0. The van der Waals surface area contributed by atoms with Crippen molar-refractivity contribution in [1.82, 2.24) is 15.4 Å². The third-order valence-corrected chi connectivity index (χ3v) is 7.43. The highest BCUT2D eigenvalue weighted by atomic mass is 127. The van der Waals surface area contributed by atoms with Gasteiger partial charge < -0.3 is 15.4 Å². The molecule has 1 aromatic carbocycles. The van der Waals surface area contributed by atoms with Crippen molar-refractivity contribution < 1.29 is 13.2 Å². The Morgan fingerprint density at radius 3 is 2.48 bits per heavy atom. The summed E-state index contributed by atoms with van der Waals surface area (Å²) in [5.41, 5.74) is 2.45. The molecule has 2 atom stereocenters. The topological polar surface area (TPSA) is 91.8 Å². The van der Waals surface area contributed by atoms with Gasteiger partial charge in [-0.2, -0.15) is 0 Å². The van der Waals surface area contributed by atoms with Crippen molar-refractivity contribution in [1.29, 1.82) is 0 Å². The minimum atomic E-state index is -3.26. The fraction of sp³-hybridized carbons (Fsp3) is 0.682. The highest BCUT2D eigenvalue weighted by Gasteiger charge is 2.27. The van der Waals surface area contributed by atoms with E-state index in [0.29, 0.717) is 30.9 Å². The van der Waals surface area contributed by atoms with Crippen LogP contribution in [0.3, 0.4) is 0 Å². The van der Waals surface area contributed by atoms with E-state index < -0.39 is 10.0 Å². The predicted molar refractivity (Wildman–Crippen MR) is 137 cm³/mol. The number of hydrogen-bond donors (Lipinski definition) is 3. The number of guanidine groups is 1. The summed E-state index contributed by atoms with van der Waals surface area (Å²) in [6, 6.07) is 8.54. The van der Waals surface area contributed by atoms with E-state index in [2.05, 4.69) is 51.5 Å². The molecule has 0 amide bonds. The molecule has 1 heterocycles. The second-order valence-electron chi connectivity index (χ2n) is 8.45. The average Bonchev–Trinajstić information content (AvgIpc) is 2.70. The van der Waals surface area contributed by atoms with E-state index in [1.807, 2.05) is 0 Å². The van der Waals surface area contributed by atoms with Crippen molar-refractivity contribution in [3.63, 3.8) is 0 Å². The summed E-state index contributed by atoms with van der Waals surface area (Å²) in [5, 5.41) is 6.47. The van der Waals surface area contributed by atoms with Gasteiger partial charge in [0.2, 0.25) is 10.0 Å². The Morgan fingerprint density at radius 1 is 1.10 bits per heavy atom. The number of nitrogens with zero attached hydrogens (tertiary/aromatic N) is 1. The summed E-state index contributed by atoms with van der Waals surface area (Å²) in [5.74, 6) is 1.52. The molecule has 1 aromatic rings. The second kappa shape index (κ2) is 13.0. The number of nitrogens with one attached hydrogen (secondary N) is 3. The van der Waals surface area contributed by atoms with Crippen LogP contribution in [0.4, 0.5) is 0 Å². The highest BCUT2D eigenvalue weighted by molar-refractivity contribution is 14.0. The van der Waals surface area contributed by atoms with Gasteiger partial charge in [-0.15, -0.1) is 24.0 Å². The maximum absolute atomic E-state index is 12.1. The molecule has 1 aliphatic carbocycles. The van der Waals surface area contributed by atoms with Crippen LogP contribution in [0.15, 0.2) is 29.3 Å². The molecule has 9 heteroatoms. The lowest BCUT2D eigenvalue weighted by molar-refractivity contribution is -0.0265. The number of ether oxygens (including phenoxy) is 1. The maximum atomic E-state index is 12.1. The van der Waals surface area contributed by atoms with Crippen LogP contribution in [-0.4, -0.2) is 53.4 Å². The van der Waals surface area contributed by atoms with Crippen molar-refractivity contribution in [2.75, 3.05) is 39.0 Å². The number of aryl methyl sites for hydroxylation is 1. The predicted octanol–water partition coefficient (Wildman–Crippen LogP) is 2.97. The lowest BCUT2D eigenvalue weighted by Gasteiger charge is -2.32. The van der Waals surface area contributed by atoms with Gasteiger partial charge in [-0.1, -0.05) is 36.2 Å². The zero-order chi connectivity index (χ0) is 21.4. The second-order valence-corrected chi connectivity index (χ2v) is 10.4. The van der Waals surface area contributed by atoms with Crippen LogP contribution in [0.2, 0.25) is 0 Å². The smallest absolute Gasteiger partial charge is 0.213 e. The molecular formula is C22H37IN4O3S. The van der Waals surface area contributed by atoms with Crippen LogP contribution in [0.5, 0.6) is 0 Å². The quantitative estimate of drug-likeness (QED) is 0.244. The average molecular weight is 565 g/mol. The maximum Gasteiger partial charge on any atom is 0.213 e. The van der Waals surface area contributed by atoms with Gasteiger partial charge in [-0.3, -0.25) is 4.99 Å². The van der Waals surface area contributed by atoms with Gasteiger partial charge in [0.1, 0.15) is 0 Å². The van der Waals surface area contributed by atoms with Crippen molar-refractivity contribution in [3.05, 3.63) is 35.4 Å². The molecule has 0 radical (unpaired) electrons. The molecule has 2 fully saturated rings. The Balaban J connectivity index is 0.00000341. The van der Waals surface area contributed by atoms with E-state index in [0.717, 1.165) is 38.8 Å². The number of sulfonamides is 1. The van der Waals surface area contributed by atoms with E-state index in [4.69, 9.17) is 4.74 Å². The minimum absolute atomic E-state index is 0. The summed E-state index contributed by atoms with van der Waals surface area (Å²) in [7, 11) is -1.55. The molecule has 3 N–H and O–H groups in total. The Morgan fingerprint density at radius 2 is 1.84 bits per heavy atom. The molecule has 3 rings (SSSR count). The first-order valence-electron chi connectivity index (χ1n) is 11.1. The summed E-state index contributed by atoms with van der Waals surface area (Å²) in [6.07, 6.45) is 5.68. The van der Waals surface area contributed by atoms with Crippen molar-refractivity contribution in [2.24, 2.45) is 16.8 Å². The van der Waals surface area contributed by atoms with Crippen LogP contribution in [0.1, 0.15) is 49.3 Å². The zero-order valence-corrected chi connectivity index (χ0v) is 21.7. The summed E-state index contributed by atoms with van der Waals surface area (Å²) < 4.78 is 33.1. The highest BCUT2D eigenvalue weighted by Crippen LogP contribution is 2.33. The summed E-state index contributed by atoms with van der Waals surface area (Å²) in [6.45, 7) is 4.49. The first-order chi connectivity index (χ1) is 14.5. The third kappa shape index (κ3) is 8.51. The Bertz CT molecular complexity index is 797. The Kier molecular flexibility index (Phi) is 11.0. The normalized spacial score (nSPS) is 22.3. The van der Waals surface area contributed by atoms with Crippen molar-refractivity contribution in [2.45, 2.75) is 45.1 Å². The first kappa shape index (κ1) is 26.3. The number of benzene rings is 1. The van der Waals surface area contributed by atoms with E-state index in [9.17, 15) is 8.42 Å². The van der Waals surface area contributed by atoms with Gasteiger partial charge in [0.15, 0.2) is 5.96 Å². The minimum Gasteiger partial charge on any atom is -0.373 e. The fourth-order valence-corrected chi connectivity index (χ4v) is 4.95. The van der Waals surface area contributed by atoms with Gasteiger partial charge in [0, 0.05) is 39.2 Å². The van der Waals surface area contributed by atoms with Crippen LogP contribution in [0, 0.1) is 18.8 Å². The molecular weight excluding hydrogens is 527 g/mol. The zero-order valence-electron chi connectivity index (χ0n) is 18.6. The van der Waals surface area contributed by atoms with Gasteiger partial charge in [0.25, 0.3) is 0 Å². The van der Waals surface area contributed by atoms with Gasteiger partial charge in [-0.25, -0.2) is 13.1 Å². The van der Waals surface area contributed by atoms with Crippen molar-refractivity contribution in [3.8, 4) is 0 Å². The van der Waals surface area contributed by atoms with Gasteiger partial charge in [-0.05, 0) is 44.1 Å². The molecule has 0 bridgehead atoms. The van der Waals surface area contributed by atoms with Crippen LogP contribution >= 0.6 is 24.0 Å². The van der Waals surface area contributed by atoms with Gasteiger partial charge >= 0.3 is 0 Å². The monoisotopic (exact) mass is 564 g/mol. The molecule has 2 unspecified atom stereocenters. The molecule has 1 saturated carbocycles. The van der Waals surface area contributed by atoms with Gasteiger partial charge in [0.05, 0.1) is 11.9 Å². The van der Waals surface area contributed by atoms with Crippen LogP contribution in [-0.2, 0) is 14.8 Å². The largest absolute Gasteiger partial charge is 0.373 e. The molecule has 31 heavy (non-hydrogen) atoms. The Labute approximate surface area is 204 Å².